The van der Waals surface area contributed by atoms with Crippen molar-refractivity contribution in [2.24, 2.45) is 0 Å². The van der Waals surface area contributed by atoms with Crippen molar-refractivity contribution in [1.29, 1.82) is 0 Å². The first-order valence-corrected chi connectivity index (χ1v) is 5.75. The van der Waals surface area contributed by atoms with Gasteiger partial charge in [0.2, 0.25) is 0 Å². The zero-order chi connectivity index (χ0) is 12.3. The van der Waals surface area contributed by atoms with E-state index in [0.29, 0.717) is 38.7 Å². The van der Waals surface area contributed by atoms with Crippen molar-refractivity contribution < 1.29 is 14.2 Å². The summed E-state index contributed by atoms with van der Waals surface area (Å²) in [5.41, 5.74) is 6.21. The molecule has 0 atom stereocenters. The Bertz CT molecular complexity index is 291. The highest BCUT2D eigenvalue weighted by atomic mass is 16.5. The van der Waals surface area contributed by atoms with Gasteiger partial charge in [-0.3, -0.25) is 4.68 Å². The molecule has 0 aliphatic carbocycles. The van der Waals surface area contributed by atoms with E-state index in [1.807, 2.05) is 0 Å². The SMILES string of the molecule is COCCOCCCOCCn1cc(N)cn1. The van der Waals surface area contributed by atoms with E-state index in [4.69, 9.17) is 19.9 Å². The lowest BCUT2D eigenvalue weighted by atomic mass is 10.5. The monoisotopic (exact) mass is 243 g/mol. The van der Waals surface area contributed by atoms with Crippen LogP contribution in [0.15, 0.2) is 12.4 Å². The van der Waals surface area contributed by atoms with Crippen LogP contribution in [-0.4, -0.2) is 49.9 Å². The van der Waals surface area contributed by atoms with Gasteiger partial charge in [-0.05, 0) is 6.42 Å². The average Bonchev–Trinajstić information content (AvgIpc) is 2.73. The van der Waals surface area contributed by atoms with Gasteiger partial charge in [0.05, 0.1) is 38.2 Å². The van der Waals surface area contributed by atoms with E-state index >= 15 is 0 Å². The van der Waals surface area contributed by atoms with Gasteiger partial charge in [0.1, 0.15) is 0 Å². The Morgan fingerprint density at radius 2 is 1.94 bits per heavy atom. The predicted molar refractivity (Wildman–Crippen MR) is 64.8 cm³/mol. The molecule has 0 saturated carbocycles. The molecule has 1 heterocycles. The van der Waals surface area contributed by atoms with Crippen molar-refractivity contribution in [2.75, 3.05) is 45.9 Å². The number of rotatable bonds is 10. The molecular formula is C11H21N3O3. The third kappa shape index (κ3) is 6.93. The Hall–Kier alpha value is -1.11. The van der Waals surface area contributed by atoms with Crippen molar-refractivity contribution in [2.45, 2.75) is 13.0 Å². The second-order valence-electron chi connectivity index (χ2n) is 3.61. The van der Waals surface area contributed by atoms with Gasteiger partial charge in [-0.2, -0.15) is 5.10 Å². The molecule has 0 unspecified atom stereocenters. The first kappa shape index (κ1) is 14.0. The maximum atomic E-state index is 5.54. The van der Waals surface area contributed by atoms with Gasteiger partial charge < -0.3 is 19.9 Å². The number of anilines is 1. The smallest absolute Gasteiger partial charge is 0.0719 e. The Morgan fingerprint density at radius 1 is 1.18 bits per heavy atom. The summed E-state index contributed by atoms with van der Waals surface area (Å²) in [7, 11) is 1.66. The van der Waals surface area contributed by atoms with Gasteiger partial charge in [0.15, 0.2) is 0 Å². The molecule has 17 heavy (non-hydrogen) atoms. The normalized spacial score (nSPS) is 10.9. The Morgan fingerprint density at radius 3 is 2.59 bits per heavy atom. The topological polar surface area (TPSA) is 71.5 Å². The van der Waals surface area contributed by atoms with Crippen LogP contribution in [0.2, 0.25) is 0 Å². The van der Waals surface area contributed by atoms with Crippen LogP contribution in [-0.2, 0) is 20.8 Å². The molecule has 0 bridgehead atoms. The summed E-state index contributed by atoms with van der Waals surface area (Å²) in [5, 5.41) is 4.06. The Labute approximate surface area is 102 Å². The highest BCUT2D eigenvalue weighted by Gasteiger charge is 1.95. The van der Waals surface area contributed by atoms with Crippen LogP contribution in [0.4, 0.5) is 5.69 Å². The largest absolute Gasteiger partial charge is 0.396 e. The average molecular weight is 243 g/mol. The third-order valence-electron chi connectivity index (χ3n) is 2.13. The molecular weight excluding hydrogens is 222 g/mol. The second-order valence-corrected chi connectivity index (χ2v) is 3.61. The molecule has 98 valence electrons. The van der Waals surface area contributed by atoms with Crippen molar-refractivity contribution in [3.8, 4) is 0 Å². The third-order valence-corrected chi connectivity index (χ3v) is 2.13. The summed E-state index contributed by atoms with van der Waals surface area (Å²) in [4.78, 5) is 0. The van der Waals surface area contributed by atoms with Crippen molar-refractivity contribution >= 4 is 5.69 Å². The summed E-state index contributed by atoms with van der Waals surface area (Å²) in [6.45, 7) is 4.05. The van der Waals surface area contributed by atoms with Crippen molar-refractivity contribution in [3.63, 3.8) is 0 Å². The van der Waals surface area contributed by atoms with Crippen LogP contribution in [0.3, 0.4) is 0 Å². The molecule has 6 nitrogen and oxygen atoms in total. The van der Waals surface area contributed by atoms with Gasteiger partial charge in [-0.1, -0.05) is 0 Å². The number of ether oxygens (including phenoxy) is 3. The zero-order valence-electron chi connectivity index (χ0n) is 10.3. The first-order chi connectivity index (χ1) is 8.33. The van der Waals surface area contributed by atoms with Crippen LogP contribution in [0.5, 0.6) is 0 Å². The molecule has 0 spiro atoms. The van der Waals surface area contributed by atoms with E-state index in [0.717, 1.165) is 13.0 Å². The molecule has 0 aliphatic heterocycles. The number of aromatic nitrogens is 2. The summed E-state index contributed by atoms with van der Waals surface area (Å²) in [6, 6.07) is 0. The van der Waals surface area contributed by atoms with Gasteiger partial charge in [0, 0.05) is 26.5 Å². The summed E-state index contributed by atoms with van der Waals surface area (Å²) < 4.78 is 17.4. The lowest BCUT2D eigenvalue weighted by molar-refractivity contribution is 0.0498. The molecule has 0 saturated heterocycles. The molecule has 1 aromatic heterocycles. The van der Waals surface area contributed by atoms with Crippen LogP contribution < -0.4 is 5.73 Å². The zero-order valence-corrected chi connectivity index (χ0v) is 10.3. The van der Waals surface area contributed by atoms with Gasteiger partial charge in [0.25, 0.3) is 0 Å². The molecule has 2 N–H and O–H groups in total. The number of hydrogen-bond donors (Lipinski definition) is 1. The van der Waals surface area contributed by atoms with E-state index in [1.165, 1.54) is 0 Å². The molecule has 0 fully saturated rings. The maximum Gasteiger partial charge on any atom is 0.0719 e. The minimum Gasteiger partial charge on any atom is -0.396 e. The molecule has 0 amide bonds. The minimum atomic E-state index is 0.638. The minimum absolute atomic E-state index is 0.638. The predicted octanol–water partition coefficient (Wildman–Crippen LogP) is 0.535. The number of hydrogen-bond acceptors (Lipinski definition) is 5. The first-order valence-electron chi connectivity index (χ1n) is 5.75. The standard InChI is InChI=1S/C11H21N3O3/c1-15-7-8-17-5-2-4-16-6-3-14-10-11(12)9-13-14/h9-10H,2-8,12H2,1H3. The second kappa shape index (κ2) is 8.98. The maximum absolute atomic E-state index is 5.54. The van der Waals surface area contributed by atoms with Crippen LogP contribution >= 0.6 is 0 Å². The quantitative estimate of drug-likeness (QED) is 0.607. The lowest BCUT2D eigenvalue weighted by Crippen LogP contribution is -2.09. The van der Waals surface area contributed by atoms with Gasteiger partial charge in [-0.25, -0.2) is 0 Å². The van der Waals surface area contributed by atoms with E-state index in [-0.39, 0.29) is 0 Å². The highest BCUT2D eigenvalue weighted by molar-refractivity contribution is 5.30. The van der Waals surface area contributed by atoms with Crippen LogP contribution in [0, 0.1) is 0 Å². The van der Waals surface area contributed by atoms with Crippen molar-refractivity contribution in [3.05, 3.63) is 12.4 Å². The molecule has 1 aromatic rings. The number of nitrogen functional groups attached to an aromatic ring is 1. The number of nitrogens with two attached hydrogens (primary N) is 1. The summed E-state index contributed by atoms with van der Waals surface area (Å²) >= 11 is 0. The Balaban J connectivity index is 1.84. The van der Waals surface area contributed by atoms with Gasteiger partial charge >= 0.3 is 0 Å². The fraction of sp³-hybridized carbons (Fsp3) is 0.727. The number of methoxy groups -OCH3 is 1. The van der Waals surface area contributed by atoms with E-state index in [9.17, 15) is 0 Å². The summed E-state index contributed by atoms with van der Waals surface area (Å²) in [6.07, 6.45) is 4.31. The van der Waals surface area contributed by atoms with E-state index in [2.05, 4.69) is 5.10 Å². The molecule has 0 aromatic carbocycles. The fourth-order valence-electron chi connectivity index (χ4n) is 1.27. The van der Waals surface area contributed by atoms with Crippen LogP contribution in [0.25, 0.3) is 0 Å². The molecule has 0 radical (unpaired) electrons. The van der Waals surface area contributed by atoms with Crippen LogP contribution in [0.1, 0.15) is 6.42 Å². The van der Waals surface area contributed by atoms with E-state index in [1.54, 1.807) is 24.2 Å². The molecule has 6 heteroatoms. The Kier molecular flexibility index (Phi) is 7.37. The highest BCUT2D eigenvalue weighted by Crippen LogP contribution is 1.97. The van der Waals surface area contributed by atoms with Gasteiger partial charge in [-0.15, -0.1) is 0 Å². The van der Waals surface area contributed by atoms with Crippen molar-refractivity contribution in [1.82, 2.24) is 9.78 Å². The lowest BCUT2D eigenvalue weighted by Gasteiger charge is -2.05. The fourth-order valence-corrected chi connectivity index (χ4v) is 1.27. The summed E-state index contributed by atoms with van der Waals surface area (Å²) in [5.74, 6) is 0. The molecule has 1 rings (SSSR count). The van der Waals surface area contributed by atoms with E-state index < -0.39 is 0 Å². The number of nitrogens with zero attached hydrogens (tertiary/aromatic N) is 2. The molecule has 0 aliphatic rings.